The molecule has 0 unspecified atom stereocenters. The van der Waals surface area contributed by atoms with Crippen molar-refractivity contribution in [1.29, 1.82) is 0 Å². The largest absolute Gasteiger partial charge is 0.241 e. The quantitative estimate of drug-likeness (QED) is 0.713. The number of rotatable bonds is 2. The first-order valence-electron chi connectivity index (χ1n) is 3.76. The topological polar surface area (TPSA) is 63.2 Å². The molecule has 0 spiro atoms. The molecular weight excluding hydrogens is 226 g/mol. The summed E-state index contributed by atoms with van der Waals surface area (Å²) < 4.78 is 23.3. The van der Waals surface area contributed by atoms with Gasteiger partial charge in [0.2, 0.25) is 16.0 Å². The standard InChI is InChI=1S/C7H10ClN3O2S/c1-5-4-6(8)10-7(9-5)11(2)14(3,12)13/h4H,1-3H3. The Morgan fingerprint density at radius 1 is 1.43 bits per heavy atom. The second kappa shape index (κ2) is 3.70. The molecule has 0 aliphatic rings. The molecule has 0 N–H and O–H groups in total. The summed E-state index contributed by atoms with van der Waals surface area (Å²) in [5.41, 5.74) is 0.621. The first-order chi connectivity index (χ1) is 6.30. The molecule has 0 radical (unpaired) electrons. The normalized spacial score (nSPS) is 11.4. The molecule has 0 saturated heterocycles. The molecule has 0 aromatic carbocycles. The van der Waals surface area contributed by atoms with Gasteiger partial charge >= 0.3 is 0 Å². The average molecular weight is 236 g/mol. The van der Waals surface area contributed by atoms with Crippen LogP contribution in [0, 0.1) is 6.92 Å². The molecule has 0 atom stereocenters. The fourth-order valence-electron chi connectivity index (χ4n) is 0.804. The number of aromatic nitrogens is 2. The number of anilines is 1. The minimum atomic E-state index is -3.34. The maximum Gasteiger partial charge on any atom is 0.240 e. The fraction of sp³-hybridized carbons (Fsp3) is 0.429. The van der Waals surface area contributed by atoms with E-state index in [2.05, 4.69) is 9.97 Å². The van der Waals surface area contributed by atoms with Gasteiger partial charge in [-0.25, -0.2) is 22.7 Å². The third-order valence-electron chi connectivity index (χ3n) is 1.59. The maximum atomic E-state index is 11.2. The van der Waals surface area contributed by atoms with E-state index in [9.17, 15) is 8.42 Å². The minimum Gasteiger partial charge on any atom is -0.241 e. The van der Waals surface area contributed by atoms with Crippen LogP contribution in [0.15, 0.2) is 6.07 Å². The average Bonchev–Trinajstić information content (AvgIpc) is 1.99. The highest BCUT2D eigenvalue weighted by molar-refractivity contribution is 7.92. The van der Waals surface area contributed by atoms with E-state index in [1.165, 1.54) is 7.05 Å². The molecule has 0 bridgehead atoms. The van der Waals surface area contributed by atoms with Crippen molar-refractivity contribution < 1.29 is 8.42 Å². The van der Waals surface area contributed by atoms with Gasteiger partial charge in [0.05, 0.1) is 6.26 Å². The second-order valence-electron chi connectivity index (χ2n) is 2.86. The molecule has 1 rings (SSSR count). The second-order valence-corrected chi connectivity index (χ2v) is 5.26. The van der Waals surface area contributed by atoms with E-state index in [1.807, 2.05) is 0 Å². The number of sulfonamides is 1. The van der Waals surface area contributed by atoms with Crippen LogP contribution in [0.2, 0.25) is 5.15 Å². The van der Waals surface area contributed by atoms with Crippen LogP contribution >= 0.6 is 11.6 Å². The molecule has 1 aromatic heterocycles. The molecule has 7 heteroatoms. The fourth-order valence-corrected chi connectivity index (χ4v) is 1.42. The highest BCUT2D eigenvalue weighted by Crippen LogP contribution is 2.14. The lowest BCUT2D eigenvalue weighted by atomic mass is 10.5. The zero-order valence-corrected chi connectivity index (χ0v) is 9.59. The van der Waals surface area contributed by atoms with Crippen molar-refractivity contribution in [2.24, 2.45) is 0 Å². The molecule has 1 heterocycles. The predicted molar refractivity (Wildman–Crippen MR) is 55.0 cm³/mol. The van der Waals surface area contributed by atoms with Gasteiger partial charge in [-0.3, -0.25) is 0 Å². The summed E-state index contributed by atoms with van der Waals surface area (Å²) in [6, 6.07) is 1.56. The molecule has 0 aliphatic carbocycles. The Kier molecular flexibility index (Phi) is 2.96. The molecule has 14 heavy (non-hydrogen) atoms. The lowest BCUT2D eigenvalue weighted by molar-refractivity contribution is 0.599. The van der Waals surface area contributed by atoms with Crippen molar-refractivity contribution >= 4 is 27.6 Å². The summed E-state index contributed by atoms with van der Waals surface area (Å²) in [7, 11) is -1.96. The van der Waals surface area contributed by atoms with Gasteiger partial charge < -0.3 is 0 Å². The Morgan fingerprint density at radius 3 is 2.43 bits per heavy atom. The van der Waals surface area contributed by atoms with E-state index in [4.69, 9.17) is 11.6 Å². The number of hydrogen-bond donors (Lipinski definition) is 0. The molecule has 1 aromatic rings. The van der Waals surface area contributed by atoms with Gasteiger partial charge in [0.25, 0.3) is 0 Å². The van der Waals surface area contributed by atoms with Gasteiger partial charge in [-0.1, -0.05) is 11.6 Å². The summed E-state index contributed by atoms with van der Waals surface area (Å²) >= 11 is 5.67. The van der Waals surface area contributed by atoms with Crippen LogP contribution < -0.4 is 4.31 Å². The Bertz CT molecular complexity index is 426. The van der Waals surface area contributed by atoms with E-state index in [0.29, 0.717) is 5.69 Å². The van der Waals surface area contributed by atoms with E-state index < -0.39 is 10.0 Å². The van der Waals surface area contributed by atoms with Crippen LogP contribution in [0.1, 0.15) is 5.69 Å². The Hall–Kier alpha value is -0.880. The highest BCUT2D eigenvalue weighted by Gasteiger charge is 2.15. The van der Waals surface area contributed by atoms with E-state index in [1.54, 1.807) is 13.0 Å². The third-order valence-corrected chi connectivity index (χ3v) is 2.94. The Labute approximate surface area is 87.8 Å². The van der Waals surface area contributed by atoms with E-state index in [-0.39, 0.29) is 11.1 Å². The van der Waals surface area contributed by atoms with Crippen LogP contribution in [0.5, 0.6) is 0 Å². The Morgan fingerprint density at radius 2 is 2.00 bits per heavy atom. The number of hydrogen-bond acceptors (Lipinski definition) is 4. The monoisotopic (exact) mass is 235 g/mol. The predicted octanol–water partition coefficient (Wildman–Crippen LogP) is 0.834. The van der Waals surface area contributed by atoms with Crippen molar-refractivity contribution in [1.82, 2.24) is 9.97 Å². The van der Waals surface area contributed by atoms with Crippen molar-refractivity contribution in [3.05, 3.63) is 16.9 Å². The third kappa shape index (κ3) is 2.55. The highest BCUT2D eigenvalue weighted by atomic mass is 35.5. The first kappa shape index (κ1) is 11.2. The first-order valence-corrected chi connectivity index (χ1v) is 5.98. The van der Waals surface area contributed by atoms with Gasteiger partial charge in [0, 0.05) is 12.7 Å². The minimum absolute atomic E-state index is 0.0810. The van der Waals surface area contributed by atoms with Crippen LogP contribution in [0.25, 0.3) is 0 Å². The summed E-state index contributed by atoms with van der Waals surface area (Å²) in [6.07, 6.45) is 1.08. The smallest absolute Gasteiger partial charge is 0.240 e. The van der Waals surface area contributed by atoms with Crippen LogP contribution in [0.4, 0.5) is 5.95 Å². The number of halogens is 1. The van der Waals surface area contributed by atoms with E-state index >= 15 is 0 Å². The summed E-state index contributed by atoms with van der Waals surface area (Å²) in [4.78, 5) is 7.75. The molecule has 5 nitrogen and oxygen atoms in total. The zero-order valence-electron chi connectivity index (χ0n) is 8.02. The molecule has 78 valence electrons. The summed E-state index contributed by atoms with van der Waals surface area (Å²) in [5, 5.41) is 0.225. The maximum absolute atomic E-state index is 11.2. The lowest BCUT2D eigenvalue weighted by Crippen LogP contribution is -2.26. The summed E-state index contributed by atoms with van der Waals surface area (Å²) in [6.45, 7) is 1.72. The van der Waals surface area contributed by atoms with Crippen LogP contribution in [-0.2, 0) is 10.0 Å². The van der Waals surface area contributed by atoms with Gasteiger partial charge in [-0.2, -0.15) is 0 Å². The lowest BCUT2D eigenvalue weighted by Gasteiger charge is -2.14. The molecule has 0 saturated carbocycles. The van der Waals surface area contributed by atoms with Gasteiger partial charge in [-0.15, -0.1) is 0 Å². The molecule has 0 amide bonds. The van der Waals surface area contributed by atoms with Crippen molar-refractivity contribution in [2.45, 2.75) is 6.92 Å². The van der Waals surface area contributed by atoms with Gasteiger partial charge in [-0.05, 0) is 13.0 Å². The number of aryl methyl sites for hydroxylation is 1. The summed E-state index contributed by atoms with van der Waals surface area (Å²) in [5.74, 6) is 0.0810. The molecular formula is C7H10ClN3O2S. The SMILES string of the molecule is Cc1cc(Cl)nc(N(C)S(C)(=O)=O)n1. The van der Waals surface area contributed by atoms with Gasteiger partial charge in [0.1, 0.15) is 5.15 Å². The molecule has 0 fully saturated rings. The van der Waals surface area contributed by atoms with Crippen molar-refractivity contribution in [2.75, 3.05) is 17.6 Å². The van der Waals surface area contributed by atoms with Gasteiger partial charge in [0.15, 0.2) is 0 Å². The number of nitrogens with zero attached hydrogens (tertiary/aromatic N) is 3. The zero-order chi connectivity index (χ0) is 10.9. The molecule has 0 aliphatic heterocycles. The Balaban J connectivity index is 3.20. The van der Waals surface area contributed by atoms with Crippen LogP contribution in [0.3, 0.4) is 0 Å². The van der Waals surface area contributed by atoms with Crippen molar-refractivity contribution in [3.8, 4) is 0 Å². The van der Waals surface area contributed by atoms with E-state index in [0.717, 1.165) is 10.6 Å². The van der Waals surface area contributed by atoms with Crippen molar-refractivity contribution in [3.63, 3.8) is 0 Å². The van der Waals surface area contributed by atoms with Crippen LogP contribution in [-0.4, -0.2) is 31.7 Å².